The van der Waals surface area contributed by atoms with Gasteiger partial charge in [-0.2, -0.15) is 0 Å². The Morgan fingerprint density at radius 3 is 2.50 bits per heavy atom. The number of fused-ring (bicyclic) bond motifs is 1. The summed E-state index contributed by atoms with van der Waals surface area (Å²) in [5, 5.41) is 2.62. The van der Waals surface area contributed by atoms with Gasteiger partial charge in [-0.15, -0.1) is 0 Å². The van der Waals surface area contributed by atoms with E-state index in [4.69, 9.17) is 0 Å². The first-order chi connectivity index (χ1) is 8.58. The van der Waals surface area contributed by atoms with Gasteiger partial charge in [0.2, 0.25) is 0 Å². The molecule has 1 heterocycles. The van der Waals surface area contributed by atoms with Crippen LogP contribution in [-0.2, 0) is 4.79 Å². The Bertz CT molecular complexity index is 610. The van der Waals surface area contributed by atoms with Gasteiger partial charge in [0.05, 0.1) is 17.1 Å². The van der Waals surface area contributed by atoms with Gasteiger partial charge in [-0.05, 0) is 32.0 Å². The minimum absolute atomic E-state index is 0.0797. The van der Waals surface area contributed by atoms with E-state index in [1.54, 1.807) is 37.5 Å². The Hall–Kier alpha value is -2.30. The molecule has 0 aliphatic rings. The van der Waals surface area contributed by atoms with Gasteiger partial charge < -0.3 is 5.32 Å². The molecule has 0 aliphatic heterocycles. The zero-order valence-corrected chi connectivity index (χ0v) is 10.2. The molecule has 1 aromatic heterocycles. The molecule has 0 aliphatic carbocycles. The second-order valence-electron chi connectivity index (χ2n) is 4.07. The van der Waals surface area contributed by atoms with Gasteiger partial charge >= 0.3 is 0 Å². The molecule has 1 atom stereocenters. The molecular formula is C13H13N3O2. The number of Topliss-reactive ketones (excluding diaryl/α,β-unsaturated/α-hetero) is 1. The highest BCUT2D eigenvalue weighted by atomic mass is 16.2. The van der Waals surface area contributed by atoms with E-state index >= 15 is 0 Å². The SMILES string of the molecule is CC(=O)C(C)NC(=O)c1ccc2nccnc2c1. The number of aromatic nitrogens is 2. The molecule has 0 spiro atoms. The van der Waals surface area contributed by atoms with Crippen molar-refractivity contribution >= 4 is 22.7 Å². The summed E-state index contributed by atoms with van der Waals surface area (Å²) in [5.41, 5.74) is 1.85. The van der Waals surface area contributed by atoms with Crippen LogP contribution in [-0.4, -0.2) is 27.7 Å². The van der Waals surface area contributed by atoms with Crippen LogP contribution in [0.5, 0.6) is 0 Å². The summed E-state index contributed by atoms with van der Waals surface area (Å²) in [5.74, 6) is -0.366. The minimum atomic E-state index is -0.491. The van der Waals surface area contributed by atoms with Crippen molar-refractivity contribution in [2.75, 3.05) is 0 Å². The van der Waals surface area contributed by atoms with Crippen molar-refractivity contribution in [3.05, 3.63) is 36.2 Å². The highest BCUT2D eigenvalue weighted by Crippen LogP contribution is 2.10. The third kappa shape index (κ3) is 2.51. The van der Waals surface area contributed by atoms with E-state index in [1.807, 2.05) is 0 Å². The van der Waals surface area contributed by atoms with Crippen LogP contribution in [0.3, 0.4) is 0 Å². The highest BCUT2D eigenvalue weighted by molar-refractivity contribution is 5.99. The number of ketones is 1. The molecule has 1 aromatic carbocycles. The third-order valence-electron chi connectivity index (χ3n) is 2.69. The first kappa shape index (κ1) is 12.2. The third-order valence-corrected chi connectivity index (χ3v) is 2.69. The quantitative estimate of drug-likeness (QED) is 0.882. The van der Waals surface area contributed by atoms with Crippen LogP contribution in [0.25, 0.3) is 11.0 Å². The smallest absolute Gasteiger partial charge is 0.251 e. The van der Waals surface area contributed by atoms with Crippen LogP contribution >= 0.6 is 0 Å². The summed E-state index contributed by atoms with van der Waals surface area (Å²) in [7, 11) is 0. The number of carbonyl (C=O) groups excluding carboxylic acids is 2. The van der Waals surface area contributed by atoms with Crippen LogP contribution in [0.4, 0.5) is 0 Å². The summed E-state index contributed by atoms with van der Waals surface area (Å²) in [6.07, 6.45) is 3.17. The molecule has 0 radical (unpaired) electrons. The molecule has 18 heavy (non-hydrogen) atoms. The fourth-order valence-electron chi connectivity index (χ4n) is 1.49. The van der Waals surface area contributed by atoms with Crippen molar-refractivity contribution in [2.45, 2.75) is 19.9 Å². The van der Waals surface area contributed by atoms with Crippen LogP contribution in [0.2, 0.25) is 0 Å². The lowest BCUT2D eigenvalue weighted by molar-refractivity contribution is -0.118. The highest BCUT2D eigenvalue weighted by Gasteiger charge is 2.13. The Labute approximate surface area is 104 Å². The maximum atomic E-state index is 11.9. The van der Waals surface area contributed by atoms with E-state index in [0.717, 1.165) is 5.52 Å². The monoisotopic (exact) mass is 243 g/mol. The van der Waals surface area contributed by atoms with Crippen molar-refractivity contribution in [3.8, 4) is 0 Å². The van der Waals surface area contributed by atoms with Crippen molar-refractivity contribution in [1.82, 2.24) is 15.3 Å². The molecule has 0 saturated carbocycles. The van der Waals surface area contributed by atoms with Crippen molar-refractivity contribution < 1.29 is 9.59 Å². The number of hydrogen-bond donors (Lipinski definition) is 1. The van der Waals surface area contributed by atoms with Crippen LogP contribution in [0.15, 0.2) is 30.6 Å². The Morgan fingerprint density at radius 1 is 1.17 bits per heavy atom. The second kappa shape index (κ2) is 4.91. The number of carbonyl (C=O) groups is 2. The standard InChI is InChI=1S/C13H13N3O2/c1-8(9(2)17)16-13(18)10-3-4-11-12(7-10)15-6-5-14-11/h3-8H,1-2H3,(H,16,18). The molecule has 1 unspecified atom stereocenters. The van der Waals surface area contributed by atoms with Crippen LogP contribution in [0.1, 0.15) is 24.2 Å². The van der Waals surface area contributed by atoms with Crippen molar-refractivity contribution in [2.24, 2.45) is 0 Å². The molecule has 92 valence electrons. The largest absolute Gasteiger partial charge is 0.343 e. The second-order valence-corrected chi connectivity index (χ2v) is 4.07. The van der Waals surface area contributed by atoms with Crippen molar-refractivity contribution in [1.29, 1.82) is 0 Å². The van der Waals surface area contributed by atoms with E-state index in [0.29, 0.717) is 11.1 Å². The fraction of sp³-hybridized carbons (Fsp3) is 0.231. The molecule has 2 rings (SSSR count). The Morgan fingerprint density at radius 2 is 1.83 bits per heavy atom. The first-order valence-corrected chi connectivity index (χ1v) is 5.60. The minimum Gasteiger partial charge on any atom is -0.343 e. The lowest BCUT2D eigenvalue weighted by Crippen LogP contribution is -2.37. The van der Waals surface area contributed by atoms with E-state index in [9.17, 15) is 9.59 Å². The average molecular weight is 243 g/mol. The van der Waals surface area contributed by atoms with Crippen LogP contribution in [0, 0.1) is 0 Å². The maximum Gasteiger partial charge on any atom is 0.251 e. The summed E-state index contributed by atoms with van der Waals surface area (Å²) >= 11 is 0. The zero-order chi connectivity index (χ0) is 13.1. The van der Waals surface area contributed by atoms with Gasteiger partial charge in [-0.25, -0.2) is 0 Å². The number of amides is 1. The summed E-state index contributed by atoms with van der Waals surface area (Å²) in [6, 6.07) is 4.56. The van der Waals surface area contributed by atoms with Gasteiger partial charge in [0.15, 0.2) is 5.78 Å². The molecule has 5 heteroatoms. The molecule has 1 N–H and O–H groups in total. The zero-order valence-electron chi connectivity index (χ0n) is 10.2. The van der Waals surface area contributed by atoms with Gasteiger partial charge in [-0.1, -0.05) is 0 Å². The number of hydrogen-bond acceptors (Lipinski definition) is 4. The molecule has 2 aromatic rings. The number of nitrogens with one attached hydrogen (secondary N) is 1. The van der Waals surface area contributed by atoms with E-state index < -0.39 is 6.04 Å². The number of rotatable bonds is 3. The predicted molar refractivity (Wildman–Crippen MR) is 67.1 cm³/mol. The molecule has 0 saturated heterocycles. The molecular weight excluding hydrogens is 230 g/mol. The summed E-state index contributed by atoms with van der Waals surface area (Å²) in [6.45, 7) is 3.10. The normalized spacial score (nSPS) is 12.1. The Balaban J connectivity index is 2.25. The van der Waals surface area contributed by atoms with Crippen molar-refractivity contribution in [3.63, 3.8) is 0 Å². The predicted octanol–water partition coefficient (Wildman–Crippen LogP) is 1.34. The van der Waals surface area contributed by atoms with E-state index in [2.05, 4.69) is 15.3 Å². The van der Waals surface area contributed by atoms with Gasteiger partial charge in [-0.3, -0.25) is 19.6 Å². The summed E-state index contributed by atoms with van der Waals surface area (Å²) in [4.78, 5) is 31.2. The lowest BCUT2D eigenvalue weighted by atomic mass is 10.1. The number of benzene rings is 1. The fourth-order valence-corrected chi connectivity index (χ4v) is 1.49. The van der Waals surface area contributed by atoms with Gasteiger partial charge in [0, 0.05) is 18.0 Å². The number of nitrogens with zero attached hydrogens (tertiary/aromatic N) is 2. The first-order valence-electron chi connectivity index (χ1n) is 5.60. The molecule has 0 bridgehead atoms. The molecule has 5 nitrogen and oxygen atoms in total. The van der Waals surface area contributed by atoms with Gasteiger partial charge in [0.25, 0.3) is 5.91 Å². The average Bonchev–Trinajstić information content (AvgIpc) is 2.37. The Kier molecular flexibility index (Phi) is 3.32. The van der Waals surface area contributed by atoms with E-state index in [-0.39, 0.29) is 11.7 Å². The lowest BCUT2D eigenvalue weighted by Gasteiger charge is -2.10. The van der Waals surface area contributed by atoms with Gasteiger partial charge in [0.1, 0.15) is 0 Å². The molecule has 1 amide bonds. The summed E-state index contributed by atoms with van der Waals surface area (Å²) < 4.78 is 0. The maximum absolute atomic E-state index is 11.9. The topological polar surface area (TPSA) is 72.0 Å². The van der Waals surface area contributed by atoms with Crippen LogP contribution < -0.4 is 5.32 Å². The molecule has 0 fully saturated rings. The van der Waals surface area contributed by atoms with E-state index in [1.165, 1.54) is 6.92 Å².